The Morgan fingerprint density at radius 1 is 1.37 bits per heavy atom. The molecule has 2 heterocycles. The van der Waals surface area contributed by atoms with Gasteiger partial charge in [0.05, 0.1) is 12.6 Å². The van der Waals surface area contributed by atoms with E-state index in [0.29, 0.717) is 6.54 Å². The number of hydrogen-bond acceptors (Lipinski definition) is 2. The molecule has 1 atom stereocenters. The number of nitrogens with zero attached hydrogens (tertiary/aromatic N) is 2. The quantitative estimate of drug-likeness (QED) is 0.823. The molecule has 1 aromatic heterocycles. The van der Waals surface area contributed by atoms with Crippen LogP contribution in [0.25, 0.3) is 10.9 Å². The number of rotatable bonds is 2. The van der Waals surface area contributed by atoms with Crippen LogP contribution in [-0.2, 0) is 16.1 Å². The second-order valence-electron chi connectivity index (χ2n) is 5.16. The zero-order valence-electron chi connectivity index (χ0n) is 11.3. The van der Waals surface area contributed by atoms with Crippen LogP contribution in [0, 0.1) is 6.92 Å². The summed E-state index contributed by atoms with van der Waals surface area (Å²) in [6.07, 6.45) is 0.0669. The van der Waals surface area contributed by atoms with Crippen molar-refractivity contribution in [3.05, 3.63) is 36.0 Å². The van der Waals surface area contributed by atoms with E-state index in [1.807, 2.05) is 7.05 Å². The van der Waals surface area contributed by atoms with E-state index < -0.39 is 0 Å². The number of carbonyl (C=O) groups excluding carboxylic acids is 1. The molecule has 4 heteroatoms. The maximum Gasteiger partial charge on any atom is 0.248 e. The molecule has 3 rings (SSSR count). The summed E-state index contributed by atoms with van der Waals surface area (Å²) in [6, 6.07) is 10.5. The minimum Gasteiger partial charge on any atom is -0.365 e. The van der Waals surface area contributed by atoms with Crippen LogP contribution in [0.1, 0.15) is 5.69 Å². The van der Waals surface area contributed by atoms with Crippen LogP contribution >= 0.6 is 0 Å². The van der Waals surface area contributed by atoms with Crippen molar-refractivity contribution in [2.45, 2.75) is 19.6 Å². The fourth-order valence-corrected chi connectivity index (χ4v) is 2.66. The number of morpholine rings is 1. The van der Waals surface area contributed by atoms with Crippen molar-refractivity contribution in [3.63, 3.8) is 0 Å². The normalized spacial score (nSPS) is 20.2. The number of amides is 1. The summed E-state index contributed by atoms with van der Waals surface area (Å²) in [5.74, 6) is 0.0605. The zero-order valence-corrected chi connectivity index (χ0v) is 11.3. The van der Waals surface area contributed by atoms with Gasteiger partial charge in [0.1, 0.15) is 6.61 Å². The third-order valence-corrected chi connectivity index (χ3v) is 3.75. The van der Waals surface area contributed by atoms with Crippen molar-refractivity contribution in [1.82, 2.24) is 9.47 Å². The maximum atomic E-state index is 11.4. The molecule has 1 fully saturated rings. The van der Waals surface area contributed by atoms with Gasteiger partial charge in [0.15, 0.2) is 0 Å². The lowest BCUT2D eigenvalue weighted by molar-refractivity contribution is -0.147. The van der Waals surface area contributed by atoms with Crippen molar-refractivity contribution >= 4 is 16.8 Å². The van der Waals surface area contributed by atoms with Gasteiger partial charge in [-0.25, -0.2) is 0 Å². The van der Waals surface area contributed by atoms with Gasteiger partial charge in [-0.2, -0.15) is 0 Å². The minimum atomic E-state index is 0.0605. The molecule has 100 valence electrons. The fraction of sp³-hybridized carbons (Fsp3) is 0.400. The SMILES string of the molecule is Cc1cc2ccccc2n1CC1CN(C)C(=O)CO1. The van der Waals surface area contributed by atoms with E-state index in [9.17, 15) is 4.79 Å². The summed E-state index contributed by atoms with van der Waals surface area (Å²) in [6.45, 7) is 3.75. The highest BCUT2D eigenvalue weighted by molar-refractivity contribution is 5.81. The van der Waals surface area contributed by atoms with E-state index in [1.54, 1.807) is 4.90 Å². The molecule has 0 aliphatic carbocycles. The number of aromatic nitrogens is 1. The number of para-hydroxylation sites is 1. The highest BCUT2D eigenvalue weighted by Crippen LogP contribution is 2.20. The molecule has 0 radical (unpaired) electrons. The van der Waals surface area contributed by atoms with Crippen molar-refractivity contribution in [2.75, 3.05) is 20.2 Å². The summed E-state index contributed by atoms with van der Waals surface area (Å²) in [7, 11) is 1.83. The molecule has 4 nitrogen and oxygen atoms in total. The molecule has 1 amide bonds. The fourth-order valence-electron chi connectivity index (χ4n) is 2.66. The Balaban J connectivity index is 1.85. The first-order chi connectivity index (χ1) is 9.15. The van der Waals surface area contributed by atoms with Gasteiger partial charge in [0, 0.05) is 24.8 Å². The topological polar surface area (TPSA) is 34.5 Å². The molecule has 1 aliphatic rings. The van der Waals surface area contributed by atoms with Crippen LogP contribution in [0.3, 0.4) is 0 Å². The summed E-state index contributed by atoms with van der Waals surface area (Å²) < 4.78 is 7.89. The van der Waals surface area contributed by atoms with Gasteiger partial charge in [-0.3, -0.25) is 4.79 Å². The van der Waals surface area contributed by atoms with E-state index in [4.69, 9.17) is 4.74 Å². The predicted molar refractivity (Wildman–Crippen MR) is 74.1 cm³/mol. The molecule has 1 aliphatic heterocycles. The van der Waals surface area contributed by atoms with E-state index in [0.717, 1.165) is 6.54 Å². The largest absolute Gasteiger partial charge is 0.365 e. The van der Waals surface area contributed by atoms with Crippen LogP contribution in [0.4, 0.5) is 0 Å². The molecule has 1 unspecified atom stereocenters. The molecular weight excluding hydrogens is 240 g/mol. The standard InChI is InChI=1S/C15H18N2O2/c1-11-7-12-5-3-4-6-14(12)17(11)9-13-8-16(2)15(18)10-19-13/h3-7,13H,8-10H2,1-2H3. The van der Waals surface area contributed by atoms with E-state index in [2.05, 4.69) is 41.8 Å². The number of fused-ring (bicyclic) bond motifs is 1. The van der Waals surface area contributed by atoms with E-state index >= 15 is 0 Å². The maximum absolute atomic E-state index is 11.4. The van der Waals surface area contributed by atoms with Gasteiger partial charge in [-0.15, -0.1) is 0 Å². The van der Waals surface area contributed by atoms with Crippen molar-refractivity contribution < 1.29 is 9.53 Å². The Labute approximate surface area is 112 Å². The monoisotopic (exact) mass is 258 g/mol. The number of aryl methyl sites for hydroxylation is 1. The summed E-state index contributed by atoms with van der Waals surface area (Å²) in [4.78, 5) is 13.2. The van der Waals surface area contributed by atoms with Gasteiger partial charge >= 0.3 is 0 Å². The first-order valence-electron chi connectivity index (χ1n) is 6.55. The second-order valence-corrected chi connectivity index (χ2v) is 5.16. The number of likely N-dealkylation sites (N-methyl/N-ethyl adjacent to an activating group) is 1. The van der Waals surface area contributed by atoms with Crippen LogP contribution in [0.15, 0.2) is 30.3 Å². The first kappa shape index (κ1) is 12.2. The summed E-state index contributed by atoms with van der Waals surface area (Å²) >= 11 is 0. The molecular formula is C15H18N2O2. The Morgan fingerprint density at radius 3 is 2.95 bits per heavy atom. The van der Waals surface area contributed by atoms with E-state index in [1.165, 1.54) is 16.6 Å². The van der Waals surface area contributed by atoms with E-state index in [-0.39, 0.29) is 18.6 Å². The minimum absolute atomic E-state index is 0.0605. The summed E-state index contributed by atoms with van der Waals surface area (Å²) in [5, 5.41) is 1.25. The highest BCUT2D eigenvalue weighted by Gasteiger charge is 2.24. The van der Waals surface area contributed by atoms with Gasteiger partial charge in [-0.1, -0.05) is 18.2 Å². The third-order valence-electron chi connectivity index (χ3n) is 3.75. The zero-order chi connectivity index (χ0) is 13.4. The Hall–Kier alpha value is -1.81. The Morgan fingerprint density at radius 2 is 2.16 bits per heavy atom. The van der Waals surface area contributed by atoms with Crippen molar-refractivity contribution in [3.8, 4) is 0 Å². The summed E-state index contributed by atoms with van der Waals surface area (Å²) in [5.41, 5.74) is 2.45. The third kappa shape index (κ3) is 2.24. The average molecular weight is 258 g/mol. The Bertz CT molecular complexity index is 618. The highest BCUT2D eigenvalue weighted by atomic mass is 16.5. The second kappa shape index (κ2) is 4.70. The number of benzene rings is 1. The van der Waals surface area contributed by atoms with Crippen LogP contribution < -0.4 is 0 Å². The van der Waals surface area contributed by atoms with Gasteiger partial charge in [0.25, 0.3) is 0 Å². The lowest BCUT2D eigenvalue weighted by Crippen LogP contribution is -2.45. The number of carbonyl (C=O) groups is 1. The molecule has 0 N–H and O–H groups in total. The van der Waals surface area contributed by atoms with Gasteiger partial charge in [0.2, 0.25) is 5.91 Å². The van der Waals surface area contributed by atoms with Gasteiger partial charge < -0.3 is 14.2 Å². The molecule has 0 spiro atoms. The first-order valence-corrected chi connectivity index (χ1v) is 6.55. The predicted octanol–water partition coefficient (Wildman–Crippen LogP) is 1.81. The number of ether oxygens (including phenoxy) is 1. The van der Waals surface area contributed by atoms with Crippen LogP contribution in [-0.4, -0.2) is 41.7 Å². The van der Waals surface area contributed by atoms with Gasteiger partial charge in [-0.05, 0) is 24.4 Å². The van der Waals surface area contributed by atoms with Crippen LogP contribution in [0.2, 0.25) is 0 Å². The molecule has 19 heavy (non-hydrogen) atoms. The molecule has 1 aromatic carbocycles. The molecule has 0 saturated carbocycles. The average Bonchev–Trinajstić information content (AvgIpc) is 2.71. The number of hydrogen-bond donors (Lipinski definition) is 0. The van der Waals surface area contributed by atoms with Crippen molar-refractivity contribution in [2.24, 2.45) is 0 Å². The smallest absolute Gasteiger partial charge is 0.248 e. The Kier molecular flexibility index (Phi) is 3.03. The lowest BCUT2D eigenvalue weighted by Gasteiger charge is -2.30. The molecule has 2 aromatic rings. The van der Waals surface area contributed by atoms with Crippen molar-refractivity contribution in [1.29, 1.82) is 0 Å². The molecule has 0 bridgehead atoms. The lowest BCUT2D eigenvalue weighted by atomic mass is 10.2. The van der Waals surface area contributed by atoms with Crippen LogP contribution in [0.5, 0.6) is 0 Å². The molecule has 1 saturated heterocycles.